The van der Waals surface area contributed by atoms with Crippen LogP contribution in [-0.4, -0.2) is 27.9 Å². The Morgan fingerprint density at radius 2 is 2.45 bits per heavy atom. The van der Waals surface area contributed by atoms with Crippen LogP contribution in [0, 0.1) is 6.92 Å². The number of hydrogen-bond acceptors (Lipinski definition) is 7. The molecule has 3 rings (SSSR count). The highest BCUT2D eigenvalue weighted by molar-refractivity contribution is 7.15. The van der Waals surface area contributed by atoms with Crippen LogP contribution < -0.4 is 16.4 Å². The minimum Gasteiger partial charge on any atom is -0.382 e. The van der Waals surface area contributed by atoms with E-state index in [0.29, 0.717) is 18.8 Å². The Hall–Kier alpha value is -1.67. The molecule has 1 saturated heterocycles. The van der Waals surface area contributed by atoms with Crippen molar-refractivity contribution in [2.45, 2.75) is 25.8 Å². The zero-order chi connectivity index (χ0) is 14.1. The van der Waals surface area contributed by atoms with Gasteiger partial charge in [0.05, 0.1) is 5.56 Å². The Balaban J connectivity index is 1.75. The Morgan fingerprint density at radius 1 is 1.60 bits per heavy atom. The lowest BCUT2D eigenvalue weighted by Gasteiger charge is -2.11. The van der Waals surface area contributed by atoms with E-state index in [1.807, 2.05) is 12.3 Å². The van der Waals surface area contributed by atoms with Gasteiger partial charge in [-0.25, -0.2) is 4.98 Å². The zero-order valence-corrected chi connectivity index (χ0v) is 12.6. The molecule has 0 spiro atoms. The largest absolute Gasteiger partial charge is 0.382 e. The van der Waals surface area contributed by atoms with Crippen LogP contribution in [0.2, 0.25) is 0 Å². The van der Waals surface area contributed by atoms with Gasteiger partial charge < -0.3 is 16.4 Å². The van der Waals surface area contributed by atoms with Crippen LogP contribution in [0.4, 0.5) is 10.8 Å². The van der Waals surface area contributed by atoms with Crippen molar-refractivity contribution in [3.63, 3.8) is 0 Å². The predicted octanol–water partition coefficient (Wildman–Crippen LogP) is 1.85. The van der Waals surface area contributed by atoms with Gasteiger partial charge >= 0.3 is 0 Å². The van der Waals surface area contributed by atoms with Gasteiger partial charge in [-0.1, -0.05) is 0 Å². The van der Waals surface area contributed by atoms with Crippen LogP contribution in [0.1, 0.15) is 18.5 Å². The predicted molar refractivity (Wildman–Crippen MR) is 82.0 cm³/mol. The second-order valence-corrected chi connectivity index (χ2v) is 6.38. The smallest absolute Gasteiger partial charge is 0.220 e. The summed E-state index contributed by atoms with van der Waals surface area (Å²) in [6.07, 6.45) is 1.47. The number of carbonyl (C=O) groups is 1. The van der Waals surface area contributed by atoms with Gasteiger partial charge in [-0.05, 0) is 24.9 Å². The molecule has 3 heterocycles. The molecule has 6 nitrogen and oxygen atoms in total. The first-order valence-electron chi connectivity index (χ1n) is 6.34. The van der Waals surface area contributed by atoms with Crippen molar-refractivity contribution in [1.82, 2.24) is 14.7 Å². The Morgan fingerprint density at radius 3 is 3.10 bits per heavy atom. The van der Waals surface area contributed by atoms with Gasteiger partial charge in [-0.15, -0.1) is 11.3 Å². The number of nitrogens with two attached hydrogens (primary N) is 1. The molecule has 2 aromatic rings. The number of nitrogen functional groups attached to an aromatic ring is 1. The zero-order valence-electron chi connectivity index (χ0n) is 11.0. The van der Waals surface area contributed by atoms with Gasteiger partial charge in [0.1, 0.15) is 15.8 Å². The number of amides is 1. The average molecular weight is 309 g/mol. The van der Waals surface area contributed by atoms with Crippen LogP contribution in [0.25, 0.3) is 10.6 Å². The molecule has 0 aromatic carbocycles. The maximum absolute atomic E-state index is 11.2. The summed E-state index contributed by atoms with van der Waals surface area (Å²) in [7, 11) is 0. The molecule has 8 heteroatoms. The number of nitrogens with one attached hydrogen (secondary N) is 2. The highest BCUT2D eigenvalue weighted by atomic mass is 32.1. The molecule has 1 fully saturated rings. The summed E-state index contributed by atoms with van der Waals surface area (Å²) < 4.78 is 4.20. The van der Waals surface area contributed by atoms with Crippen molar-refractivity contribution < 1.29 is 4.79 Å². The van der Waals surface area contributed by atoms with Crippen molar-refractivity contribution in [3.8, 4) is 10.6 Å². The summed E-state index contributed by atoms with van der Waals surface area (Å²) in [6.45, 7) is 2.64. The monoisotopic (exact) mass is 309 g/mol. The lowest BCUT2D eigenvalue weighted by Crippen LogP contribution is -2.31. The van der Waals surface area contributed by atoms with Crippen LogP contribution in [0.3, 0.4) is 0 Å². The highest BCUT2D eigenvalue weighted by Gasteiger charge is 2.22. The molecule has 2 aromatic heterocycles. The molecule has 0 radical (unpaired) electrons. The van der Waals surface area contributed by atoms with Crippen LogP contribution in [0.5, 0.6) is 0 Å². The number of thiazole rings is 1. The first-order chi connectivity index (χ1) is 9.63. The van der Waals surface area contributed by atoms with E-state index in [1.54, 1.807) is 11.3 Å². The van der Waals surface area contributed by atoms with E-state index in [0.717, 1.165) is 27.7 Å². The fourth-order valence-corrected chi connectivity index (χ4v) is 3.79. The standard InChI is InChI=1S/C12H15N5OS2/c1-6-5-19-12(15-6)9-10(13)17-20-11(9)14-4-7-2-3-8(18)16-7/h5,7,14H,2-4H2,1H3,(H2,13,17)(H,16,18). The fourth-order valence-electron chi connectivity index (χ4n) is 2.14. The summed E-state index contributed by atoms with van der Waals surface area (Å²) in [4.78, 5) is 15.6. The summed E-state index contributed by atoms with van der Waals surface area (Å²) in [5.41, 5.74) is 7.79. The first-order valence-corrected chi connectivity index (χ1v) is 7.99. The van der Waals surface area contributed by atoms with E-state index in [2.05, 4.69) is 20.0 Å². The Kier molecular flexibility index (Phi) is 3.58. The van der Waals surface area contributed by atoms with Crippen LogP contribution in [-0.2, 0) is 4.79 Å². The second-order valence-electron chi connectivity index (χ2n) is 4.75. The van der Waals surface area contributed by atoms with Gasteiger partial charge in [-0.2, -0.15) is 4.37 Å². The summed E-state index contributed by atoms with van der Waals surface area (Å²) >= 11 is 2.89. The summed E-state index contributed by atoms with van der Waals surface area (Å²) in [6, 6.07) is 0.178. The maximum atomic E-state index is 11.2. The molecule has 1 amide bonds. The van der Waals surface area contributed by atoms with Gasteiger partial charge in [0, 0.05) is 30.1 Å². The van der Waals surface area contributed by atoms with Crippen LogP contribution >= 0.6 is 22.9 Å². The number of nitrogens with zero attached hydrogens (tertiary/aromatic N) is 2. The molecule has 20 heavy (non-hydrogen) atoms. The highest BCUT2D eigenvalue weighted by Crippen LogP contribution is 2.38. The van der Waals surface area contributed by atoms with Crippen molar-refractivity contribution in [2.24, 2.45) is 0 Å². The van der Waals surface area contributed by atoms with Crippen molar-refractivity contribution in [1.29, 1.82) is 0 Å². The maximum Gasteiger partial charge on any atom is 0.220 e. The van der Waals surface area contributed by atoms with E-state index in [1.165, 1.54) is 11.5 Å². The van der Waals surface area contributed by atoms with E-state index >= 15 is 0 Å². The van der Waals surface area contributed by atoms with E-state index in [4.69, 9.17) is 5.73 Å². The fraction of sp³-hybridized carbons (Fsp3) is 0.417. The molecule has 106 valence electrons. The molecule has 1 aliphatic rings. The van der Waals surface area contributed by atoms with Gasteiger partial charge in [-0.3, -0.25) is 4.79 Å². The second kappa shape index (κ2) is 5.37. The summed E-state index contributed by atoms with van der Waals surface area (Å²) in [5.74, 6) is 0.624. The third-order valence-corrected chi connectivity index (χ3v) is 4.94. The molecular formula is C12H15N5OS2. The molecule has 1 atom stereocenters. The number of carbonyl (C=O) groups excluding carboxylic acids is 1. The normalized spacial score (nSPS) is 18.2. The van der Waals surface area contributed by atoms with Crippen molar-refractivity contribution >= 4 is 39.6 Å². The van der Waals surface area contributed by atoms with E-state index in [9.17, 15) is 4.79 Å². The first kappa shape index (κ1) is 13.3. The quantitative estimate of drug-likeness (QED) is 0.801. The molecule has 0 aliphatic carbocycles. The topological polar surface area (TPSA) is 92.9 Å². The van der Waals surface area contributed by atoms with Gasteiger partial charge in [0.2, 0.25) is 5.91 Å². The van der Waals surface area contributed by atoms with E-state index < -0.39 is 0 Å². The van der Waals surface area contributed by atoms with Crippen LogP contribution in [0.15, 0.2) is 5.38 Å². The molecule has 1 aliphatic heterocycles. The molecule has 0 saturated carbocycles. The number of aromatic nitrogens is 2. The number of anilines is 2. The van der Waals surface area contributed by atoms with Gasteiger partial charge in [0.15, 0.2) is 0 Å². The number of hydrogen-bond donors (Lipinski definition) is 3. The average Bonchev–Trinajstić information content (AvgIpc) is 3.09. The minimum absolute atomic E-state index is 0.122. The number of rotatable bonds is 4. The Bertz CT molecular complexity index is 636. The minimum atomic E-state index is 0.122. The van der Waals surface area contributed by atoms with Gasteiger partial charge in [0.25, 0.3) is 0 Å². The van der Waals surface area contributed by atoms with Crippen molar-refractivity contribution in [3.05, 3.63) is 11.1 Å². The van der Waals surface area contributed by atoms with Crippen molar-refractivity contribution in [2.75, 3.05) is 17.6 Å². The molecule has 0 bridgehead atoms. The molecular weight excluding hydrogens is 294 g/mol. The molecule has 4 N–H and O–H groups in total. The third kappa shape index (κ3) is 2.61. The Labute approximate surface area is 124 Å². The lowest BCUT2D eigenvalue weighted by molar-refractivity contribution is -0.119. The van der Waals surface area contributed by atoms with E-state index in [-0.39, 0.29) is 11.9 Å². The summed E-state index contributed by atoms with van der Waals surface area (Å²) in [5, 5.41) is 10.1. The third-order valence-electron chi connectivity index (χ3n) is 3.15. The number of aryl methyl sites for hydroxylation is 1. The molecule has 1 unspecified atom stereocenters. The SMILES string of the molecule is Cc1csc(-c2c(N)nsc2NCC2CCC(=O)N2)n1. The lowest BCUT2D eigenvalue weighted by atomic mass is 10.2.